The van der Waals surface area contributed by atoms with Crippen molar-refractivity contribution in [2.75, 3.05) is 12.8 Å². The molecule has 1 heterocycles. The van der Waals surface area contributed by atoms with Crippen LogP contribution < -0.4 is 5.73 Å². The monoisotopic (exact) mass is 1060 g/mol. The van der Waals surface area contributed by atoms with E-state index in [1.807, 2.05) is 30.3 Å². The van der Waals surface area contributed by atoms with Crippen molar-refractivity contribution in [2.45, 2.75) is 12.3 Å². The predicted octanol–water partition coefficient (Wildman–Crippen LogP) is 15.6. The number of anilines is 1. The van der Waals surface area contributed by atoms with Crippen molar-refractivity contribution in [3.63, 3.8) is 0 Å². The molecule has 3 nitrogen and oxygen atoms in total. The number of para-hydroxylation sites is 1. The highest BCUT2D eigenvalue weighted by Crippen LogP contribution is 3.24. The van der Waals surface area contributed by atoms with Crippen LogP contribution in [0.2, 0.25) is 0 Å². The Morgan fingerprint density at radius 1 is 0.935 bits per heavy atom. The van der Waals surface area contributed by atoms with Crippen LogP contribution in [0.25, 0.3) is 0 Å². The molecule has 1 aliphatic rings. The lowest BCUT2D eigenvalue weighted by Gasteiger charge is -2.40. The molecular formula is C23H38Br2FNO2P16S. The second-order valence-corrected chi connectivity index (χ2v) is 73.1. The molecule has 1 aliphatic carbocycles. The summed E-state index contributed by atoms with van der Waals surface area (Å²) in [4.78, 5) is 11.2. The van der Waals surface area contributed by atoms with Crippen molar-refractivity contribution < 1.29 is 13.9 Å². The number of nitrogens with two attached hydrogens (primary N) is 1. The number of carbonyl (C=O) groups excluding carboxylic acids is 1. The molecule has 3 aromatic rings. The number of halogens is 3. The Balaban J connectivity index is 0.000000320. The number of carbonyl (C=O) groups is 1. The number of ether oxygens (including phenoxy) is 1. The molecule has 1 fully saturated rings. The Hall–Kier alpha value is 4.74. The third kappa shape index (κ3) is 18.4. The molecule has 13 unspecified atom stereocenters. The fourth-order valence-corrected chi connectivity index (χ4v) is 169. The van der Waals surface area contributed by atoms with Gasteiger partial charge in [-0.3, -0.25) is 4.79 Å². The molecule has 1 aromatic heterocycles. The van der Waals surface area contributed by atoms with Gasteiger partial charge in [-0.2, -0.15) is 4.39 Å². The van der Waals surface area contributed by atoms with Crippen molar-refractivity contribution in [1.82, 2.24) is 0 Å². The van der Waals surface area contributed by atoms with Crippen LogP contribution in [0.3, 0.4) is 0 Å². The van der Waals surface area contributed by atoms with Crippen LogP contribution in [0.15, 0.2) is 68.9 Å². The number of terminal acetylenes is 1. The minimum atomic E-state index is -0.153. The molecule has 46 heavy (non-hydrogen) atoms. The molecule has 2 aromatic carbocycles. The van der Waals surface area contributed by atoms with E-state index >= 15 is 0 Å². The summed E-state index contributed by atoms with van der Waals surface area (Å²) in [5.74, 6) is 2.82. The van der Waals surface area contributed by atoms with Crippen molar-refractivity contribution in [1.29, 1.82) is 0 Å². The summed E-state index contributed by atoms with van der Waals surface area (Å²) in [5.41, 5.74) is 8.13. The molecule has 0 saturated heterocycles. The quantitative estimate of drug-likeness (QED) is 0.106. The lowest BCUT2D eigenvalue weighted by Crippen LogP contribution is -2.03. The van der Waals surface area contributed by atoms with E-state index < -0.39 is 0 Å². The Morgan fingerprint density at radius 3 is 1.89 bits per heavy atom. The van der Waals surface area contributed by atoms with Crippen molar-refractivity contribution >= 4 is 184 Å². The van der Waals surface area contributed by atoms with Gasteiger partial charge in [0.2, 0.25) is 0 Å². The molecule has 1 saturated carbocycles. The van der Waals surface area contributed by atoms with Crippen LogP contribution >= 0.6 is 172 Å². The average Bonchev–Trinajstić information content (AvgIpc) is 3.72. The van der Waals surface area contributed by atoms with Gasteiger partial charge in [-0.15, -0.1) is 98.1 Å². The zero-order valence-electron chi connectivity index (χ0n) is 24.5. The molecule has 0 spiro atoms. The maximum atomic E-state index is 12.1. The third-order valence-electron chi connectivity index (χ3n) is 5.46. The van der Waals surface area contributed by atoms with Gasteiger partial charge in [-0.05, 0) is 118 Å². The van der Waals surface area contributed by atoms with E-state index in [0.29, 0.717) is 16.1 Å². The first-order valence-corrected chi connectivity index (χ1v) is 43.1. The topological polar surface area (TPSA) is 52.3 Å². The first-order valence-electron chi connectivity index (χ1n) is 12.4. The van der Waals surface area contributed by atoms with Gasteiger partial charge in [0.25, 0.3) is 0 Å². The second kappa shape index (κ2) is 26.5. The van der Waals surface area contributed by atoms with Crippen LogP contribution in [-0.2, 0) is 9.53 Å². The van der Waals surface area contributed by atoms with E-state index in [9.17, 15) is 9.18 Å². The lowest BCUT2D eigenvalue weighted by atomic mass is 10.1. The van der Waals surface area contributed by atoms with Gasteiger partial charge in [0.15, 0.2) is 5.13 Å². The Bertz CT molecular complexity index is 1380. The van der Waals surface area contributed by atoms with Crippen LogP contribution in [0.4, 0.5) is 10.1 Å². The first kappa shape index (κ1) is 48.8. The van der Waals surface area contributed by atoms with Gasteiger partial charge in [-0.1, -0.05) is 46.1 Å². The van der Waals surface area contributed by atoms with Crippen molar-refractivity contribution in [2.24, 2.45) is 5.92 Å². The van der Waals surface area contributed by atoms with Crippen LogP contribution in [0, 0.1) is 23.4 Å². The molecule has 0 bridgehead atoms. The van der Waals surface area contributed by atoms with Crippen molar-refractivity contribution in [3.8, 4) is 12.3 Å². The van der Waals surface area contributed by atoms with E-state index in [0.717, 1.165) is 27.8 Å². The van der Waals surface area contributed by atoms with Crippen LogP contribution in [0.1, 0.15) is 23.5 Å². The number of rotatable bonds is 8. The first-order chi connectivity index (χ1) is 21.6. The van der Waals surface area contributed by atoms with E-state index in [-0.39, 0.29) is 65.9 Å². The number of esters is 1. The molecule has 2 N–H and O–H groups in total. The summed E-state index contributed by atoms with van der Waals surface area (Å²) >= 11 is 7.51. The van der Waals surface area contributed by atoms with E-state index in [1.165, 1.54) is 12.7 Å². The summed E-state index contributed by atoms with van der Waals surface area (Å²) in [7, 11) is 29.2. The highest BCUT2D eigenvalue weighted by molar-refractivity contribution is 9.30. The summed E-state index contributed by atoms with van der Waals surface area (Å²) < 4.78 is 18.4. The molecule has 254 valence electrons. The number of benzene rings is 2. The van der Waals surface area contributed by atoms with Crippen LogP contribution in [0.5, 0.6) is 0 Å². The number of hydrogen-bond acceptors (Lipinski definition) is 4. The third-order valence-corrected chi connectivity index (χ3v) is 103. The molecular weight excluding hydrogens is 1030 g/mol. The average molecular weight is 1070 g/mol. The standard InChI is InChI=1S/C11H11BrO2.C8H7N.C4H2BrFS.H18P16/c1-14-11(13)10-6-9(10)7-3-2-4-8(12)5-7;1-2-7-5-3-4-6-8(7)9;5-3-1-2-7-4(3)6;1-10(2)14(9)16(13(7)8)15(11(3)4)12(5)6/h2-5,9-10H,6H2,1H3;1,3-6H,9H2;1-2H;1-9H2. The largest absolute Gasteiger partial charge is 0.469 e. The minimum Gasteiger partial charge on any atom is -0.469 e. The Kier molecular flexibility index (Phi) is 28.1. The highest BCUT2D eigenvalue weighted by Gasteiger charge is 2.44. The molecule has 4 rings (SSSR count). The summed E-state index contributed by atoms with van der Waals surface area (Å²) in [6, 6.07) is 17.1. The molecule has 0 amide bonds. The Morgan fingerprint density at radius 2 is 1.52 bits per heavy atom. The van der Waals surface area contributed by atoms with E-state index in [1.54, 1.807) is 17.5 Å². The lowest BCUT2D eigenvalue weighted by molar-refractivity contribution is -0.142. The van der Waals surface area contributed by atoms with Crippen molar-refractivity contribution in [3.05, 3.63) is 85.2 Å². The fourth-order valence-electron chi connectivity index (χ4n) is 3.29. The summed E-state index contributed by atoms with van der Waals surface area (Å²) in [5, 5.41) is 1.54. The molecule has 0 aliphatic heterocycles. The normalized spacial score (nSPS) is 16.4. The van der Waals surface area contributed by atoms with E-state index in [4.69, 9.17) is 16.9 Å². The van der Waals surface area contributed by atoms with Gasteiger partial charge >= 0.3 is 5.97 Å². The van der Waals surface area contributed by atoms with Gasteiger partial charge in [0, 0.05) is 15.7 Å². The maximum Gasteiger partial charge on any atom is 0.309 e. The minimum absolute atomic E-state index is 0.0635. The molecule has 13 atom stereocenters. The number of hydrogen-bond donors (Lipinski definition) is 1. The SMILES string of the molecule is C#Cc1ccccc1N.COC(=O)C1CC1c1cccc(Br)c1.Fc1sccc1Br.PP(P)P(P)P(P(P)P)P(P(P)P)P(P)P. The number of thiophene rings is 1. The predicted molar refractivity (Wildman–Crippen MR) is 264 cm³/mol. The van der Waals surface area contributed by atoms with Crippen LogP contribution in [-0.4, -0.2) is 13.1 Å². The van der Waals surface area contributed by atoms with Gasteiger partial charge < -0.3 is 10.5 Å². The molecule has 0 radical (unpaired) electrons. The zero-order valence-corrected chi connectivity index (χ0v) is 45.1. The zero-order chi connectivity index (χ0) is 35.1. The van der Waals surface area contributed by atoms with E-state index in [2.05, 4.69) is 130 Å². The van der Waals surface area contributed by atoms with Gasteiger partial charge in [-0.25, -0.2) is 0 Å². The molecule has 23 heteroatoms. The number of methoxy groups -OCH3 is 1. The van der Waals surface area contributed by atoms with Gasteiger partial charge in [0.05, 0.1) is 17.5 Å². The maximum absolute atomic E-state index is 12.1. The fraction of sp³-hybridized carbons (Fsp3) is 0.174. The number of nitrogen functional groups attached to an aromatic ring is 1. The highest BCUT2D eigenvalue weighted by atomic mass is 79.9. The summed E-state index contributed by atoms with van der Waals surface area (Å²) in [6.45, 7) is 0.740. The smallest absolute Gasteiger partial charge is 0.309 e. The second-order valence-electron chi connectivity index (χ2n) is 8.68. The Labute approximate surface area is 323 Å². The van der Waals surface area contributed by atoms with Gasteiger partial charge in [0.1, 0.15) is 0 Å². The summed E-state index contributed by atoms with van der Waals surface area (Å²) in [6.07, 6.45) is 6.04.